The third-order valence-corrected chi connectivity index (χ3v) is 10.9. The summed E-state index contributed by atoms with van der Waals surface area (Å²) in [4.78, 5) is 0. The van der Waals surface area contributed by atoms with Gasteiger partial charge in [-0.3, -0.25) is 0 Å². The van der Waals surface area contributed by atoms with E-state index in [2.05, 4.69) is 0 Å². The Hall–Kier alpha value is -2.77. The third-order valence-electron chi connectivity index (χ3n) is 7.10. The van der Waals surface area contributed by atoms with Crippen LogP contribution in [0.5, 0.6) is 0 Å². The maximum absolute atomic E-state index is 14.7. The second kappa shape index (κ2) is 10.5. The molecule has 0 heterocycles. The maximum Gasteiger partial charge on any atom is 0.460 e. The Bertz CT molecular complexity index is 1350. The number of fused-ring (bicyclic) bond motifs is 1. The van der Waals surface area contributed by atoms with Gasteiger partial charge in [-0.2, -0.15) is 57.1 Å². The van der Waals surface area contributed by atoms with E-state index in [4.69, 9.17) is 0 Å². The second-order valence-electron chi connectivity index (χ2n) is 10.4. The molecule has 0 bridgehead atoms. The van der Waals surface area contributed by atoms with Gasteiger partial charge in [0.1, 0.15) is 0 Å². The molecular weight excluding hydrogens is 599 g/mol. The lowest BCUT2D eigenvalue weighted by molar-refractivity contribution is -0.439. The first-order valence-electron chi connectivity index (χ1n) is 12.0. The van der Waals surface area contributed by atoms with Crippen LogP contribution in [0.1, 0.15) is 23.1 Å². The summed E-state index contributed by atoms with van der Waals surface area (Å²) in [7, 11) is -3.34. The van der Waals surface area contributed by atoms with E-state index in [0.717, 1.165) is 10.8 Å². The van der Waals surface area contributed by atoms with Crippen LogP contribution in [0.4, 0.5) is 57.1 Å². The van der Waals surface area contributed by atoms with E-state index < -0.39 is 61.9 Å². The average molecular weight is 623 g/mol. The Morgan fingerprint density at radius 3 is 1.56 bits per heavy atom. The van der Waals surface area contributed by atoms with Gasteiger partial charge in [0.15, 0.2) is 0 Å². The predicted molar refractivity (Wildman–Crippen MR) is 130 cm³/mol. The van der Waals surface area contributed by atoms with Crippen LogP contribution in [0.15, 0.2) is 72.8 Å². The monoisotopic (exact) mass is 622 g/mol. The van der Waals surface area contributed by atoms with Gasteiger partial charge in [0.05, 0.1) is 8.07 Å². The lowest BCUT2D eigenvalue weighted by Crippen LogP contribution is -2.70. The Labute approximate surface area is 227 Å². The molecule has 226 valence electrons. The Balaban J connectivity index is 1.99. The van der Waals surface area contributed by atoms with E-state index in [-0.39, 0.29) is 0 Å². The minimum atomic E-state index is -7.89. The van der Waals surface area contributed by atoms with Gasteiger partial charge < -0.3 is 0 Å². The van der Waals surface area contributed by atoms with E-state index in [1.165, 1.54) is 13.1 Å². The van der Waals surface area contributed by atoms with Crippen molar-refractivity contribution in [2.24, 2.45) is 0 Å². The summed E-state index contributed by atoms with van der Waals surface area (Å²) >= 11 is 0. The van der Waals surface area contributed by atoms with E-state index in [1.54, 1.807) is 72.8 Å². The van der Waals surface area contributed by atoms with Gasteiger partial charge in [0.25, 0.3) is 0 Å². The molecule has 0 saturated carbocycles. The number of hydrogen-bond acceptors (Lipinski definition) is 0. The first-order chi connectivity index (χ1) is 18.5. The number of alkyl halides is 13. The Morgan fingerprint density at radius 2 is 1.02 bits per heavy atom. The molecule has 0 aliphatic heterocycles. The zero-order valence-electron chi connectivity index (χ0n) is 21.3. The normalized spacial score (nSPS) is 15.3. The fourth-order valence-corrected chi connectivity index (χ4v) is 8.13. The van der Waals surface area contributed by atoms with Crippen LogP contribution in [0.25, 0.3) is 10.8 Å². The minimum Gasteiger partial charge on any atom is -0.200 e. The van der Waals surface area contributed by atoms with Gasteiger partial charge in [-0.05, 0) is 21.9 Å². The maximum atomic E-state index is 14.7. The topological polar surface area (TPSA) is 0 Å². The quantitative estimate of drug-likeness (QED) is 0.156. The van der Waals surface area contributed by atoms with Crippen molar-refractivity contribution in [3.8, 4) is 0 Å². The lowest BCUT2D eigenvalue weighted by Gasteiger charge is -2.41. The highest BCUT2D eigenvalue weighted by Crippen LogP contribution is 2.61. The third kappa shape index (κ3) is 5.55. The summed E-state index contributed by atoms with van der Waals surface area (Å²) in [6, 6.07) is 19.3. The summed E-state index contributed by atoms with van der Waals surface area (Å²) in [5.74, 6) is -36.8. The molecule has 3 rings (SSSR count). The molecule has 1 unspecified atom stereocenters. The fraction of sp³-hybridized carbons (Fsp3) is 0.407. The van der Waals surface area contributed by atoms with E-state index in [0.29, 0.717) is 11.1 Å². The highest BCUT2D eigenvalue weighted by Gasteiger charge is 2.90. The minimum absolute atomic E-state index is 0.552. The fourth-order valence-electron chi connectivity index (χ4n) is 4.71. The Morgan fingerprint density at radius 1 is 0.537 bits per heavy atom. The van der Waals surface area contributed by atoms with Gasteiger partial charge in [-0.1, -0.05) is 91.9 Å². The molecule has 14 heteroatoms. The first kappa shape index (κ1) is 32.7. The summed E-state index contributed by atoms with van der Waals surface area (Å²) in [6.45, 7) is 2.91. The second-order valence-corrected chi connectivity index (χ2v) is 15.5. The van der Waals surface area contributed by atoms with Crippen LogP contribution >= 0.6 is 0 Å². The molecule has 3 aromatic carbocycles. The van der Waals surface area contributed by atoms with Gasteiger partial charge >= 0.3 is 35.8 Å². The summed E-state index contributed by atoms with van der Waals surface area (Å²) in [6.07, 6.45) is -9.61. The molecule has 0 aromatic heterocycles. The molecule has 0 spiro atoms. The van der Waals surface area contributed by atoms with Crippen molar-refractivity contribution in [3.63, 3.8) is 0 Å². The molecule has 0 aliphatic rings. The van der Waals surface area contributed by atoms with E-state index in [1.807, 2.05) is 0 Å². The van der Waals surface area contributed by atoms with Crippen molar-refractivity contribution >= 4 is 18.8 Å². The number of hydrogen-bond donors (Lipinski definition) is 0. The zero-order chi connectivity index (χ0) is 31.3. The molecule has 0 fully saturated rings. The molecule has 0 radical (unpaired) electrons. The molecule has 3 aromatic rings. The molecule has 0 nitrogen and oxygen atoms in total. The smallest absolute Gasteiger partial charge is 0.200 e. The summed E-state index contributed by atoms with van der Waals surface area (Å²) < 4.78 is 177. The molecule has 41 heavy (non-hydrogen) atoms. The van der Waals surface area contributed by atoms with Gasteiger partial charge in [0, 0.05) is 12.0 Å². The van der Waals surface area contributed by atoms with Crippen molar-refractivity contribution in [1.29, 1.82) is 0 Å². The Kier molecular flexibility index (Phi) is 8.38. The molecule has 0 N–H and O–H groups in total. The van der Waals surface area contributed by atoms with Crippen molar-refractivity contribution in [2.75, 3.05) is 0 Å². The largest absolute Gasteiger partial charge is 0.460 e. The number of halogens is 13. The highest BCUT2D eigenvalue weighted by atomic mass is 28.3. The van der Waals surface area contributed by atoms with Crippen molar-refractivity contribution in [1.82, 2.24) is 0 Å². The van der Waals surface area contributed by atoms with E-state index in [9.17, 15) is 57.1 Å². The van der Waals surface area contributed by atoms with Crippen LogP contribution in [0.3, 0.4) is 0 Å². The first-order valence-corrected chi connectivity index (χ1v) is 15.3. The average Bonchev–Trinajstić information content (AvgIpc) is 2.87. The molecule has 0 aliphatic carbocycles. The molecule has 1 atom stereocenters. The highest BCUT2D eigenvalue weighted by molar-refractivity contribution is 6.79. The summed E-state index contributed by atoms with van der Waals surface area (Å²) in [5.41, 5.74) is 0.397. The number of benzene rings is 3. The molecule has 0 amide bonds. The number of rotatable bonds is 10. The predicted octanol–water partition coefficient (Wildman–Crippen LogP) is 10.3. The van der Waals surface area contributed by atoms with Crippen molar-refractivity contribution in [3.05, 3.63) is 83.9 Å². The molecular formula is C27H23F13Si. The van der Waals surface area contributed by atoms with Crippen LogP contribution in [-0.2, 0) is 0 Å². The van der Waals surface area contributed by atoms with Gasteiger partial charge in [-0.15, -0.1) is 0 Å². The lowest BCUT2D eigenvalue weighted by atomic mass is 9.93. The molecule has 0 saturated heterocycles. The SMILES string of the molecule is C[Si](C)(CCC(F)(F)C(F)(F)C(F)(F)C(F)(F)C(F)(F)C(F)(F)F)C(c1ccccc1)c1ccc2ccccc2c1. The van der Waals surface area contributed by atoms with Crippen LogP contribution in [0.2, 0.25) is 19.1 Å². The zero-order valence-corrected chi connectivity index (χ0v) is 22.3. The van der Waals surface area contributed by atoms with Crippen LogP contribution in [-0.4, -0.2) is 43.9 Å². The van der Waals surface area contributed by atoms with Crippen molar-refractivity contribution < 1.29 is 57.1 Å². The van der Waals surface area contributed by atoms with E-state index >= 15 is 0 Å². The van der Waals surface area contributed by atoms with Crippen LogP contribution < -0.4 is 0 Å². The standard InChI is InChI=1S/C27H23F13Si/c1-41(2,21(18-9-4-3-5-10-18)20-13-12-17-8-6-7-11-19(17)16-20)15-14-22(28,29)23(30,31)24(32,33)25(34,35)26(36,37)27(38,39)40/h3-13,16,21H,14-15H2,1-2H3. The summed E-state index contributed by atoms with van der Waals surface area (Å²) in [5, 5.41) is 1.55. The van der Waals surface area contributed by atoms with Crippen molar-refractivity contribution in [2.45, 2.75) is 66.9 Å². The van der Waals surface area contributed by atoms with Crippen LogP contribution in [0, 0.1) is 0 Å². The van der Waals surface area contributed by atoms with Gasteiger partial charge in [-0.25, -0.2) is 0 Å². The van der Waals surface area contributed by atoms with Gasteiger partial charge in [0.2, 0.25) is 0 Å².